The van der Waals surface area contributed by atoms with Crippen LogP contribution in [0.4, 0.5) is 10.5 Å². The molecule has 272 valence electrons. The number of piperazine rings is 1. The number of amides is 4. The molecule has 3 aromatic carbocycles. The smallest absolute Gasteiger partial charge is 0.404 e. The number of hydrogen-bond acceptors (Lipinski definition) is 7. The number of likely N-dealkylation sites (N-methyl/N-ethyl adjacent to an activating group) is 1. The van der Waals surface area contributed by atoms with E-state index in [1.54, 1.807) is 24.3 Å². The Hall–Kier alpha value is -5.27. The predicted molar refractivity (Wildman–Crippen MR) is 198 cm³/mol. The van der Waals surface area contributed by atoms with Crippen LogP contribution in [0.1, 0.15) is 41.6 Å². The van der Waals surface area contributed by atoms with Gasteiger partial charge in [-0.1, -0.05) is 36.4 Å². The zero-order valence-corrected chi connectivity index (χ0v) is 29.7. The quantitative estimate of drug-likeness (QED) is 0.145. The Morgan fingerprint density at radius 2 is 1.58 bits per heavy atom. The lowest BCUT2D eigenvalue weighted by Gasteiger charge is -2.32. The standard InChI is InChI=1S/C38H43ClN8O5/c1-46-17-19-47(20-18-46)36(50)29-11-9-26(10-12-29)30-4-2-3-25(21-30)22-32(42-34(48)28-7-5-24(6-8-28)23-40-38(51)52)35(49)41-31-15-13-27(14-16-31)33-43-37(39)45-44-33/h2-4,9-16,21,24,28,32,40H,5-8,17-20,22-23H2,1H3,(H,41,49)(H,42,48)(H,51,52)(H,43,44,45)/t24-,28-,32-/m0/s1. The van der Waals surface area contributed by atoms with E-state index in [1.807, 2.05) is 53.4 Å². The van der Waals surface area contributed by atoms with Gasteiger partial charge in [0.1, 0.15) is 6.04 Å². The highest BCUT2D eigenvalue weighted by atomic mass is 35.5. The summed E-state index contributed by atoms with van der Waals surface area (Å²) in [6.45, 7) is 3.49. The van der Waals surface area contributed by atoms with Crippen molar-refractivity contribution in [2.45, 2.75) is 38.1 Å². The molecule has 1 saturated carbocycles. The molecule has 5 N–H and O–H groups in total. The fourth-order valence-corrected chi connectivity index (χ4v) is 6.91. The van der Waals surface area contributed by atoms with Crippen LogP contribution in [0, 0.1) is 11.8 Å². The molecule has 0 unspecified atom stereocenters. The van der Waals surface area contributed by atoms with Gasteiger partial charge in [-0.3, -0.25) is 14.4 Å². The number of anilines is 1. The largest absolute Gasteiger partial charge is 0.465 e. The first-order valence-corrected chi connectivity index (χ1v) is 17.9. The van der Waals surface area contributed by atoms with Gasteiger partial charge in [0, 0.05) is 61.9 Å². The van der Waals surface area contributed by atoms with Crippen LogP contribution in [0.5, 0.6) is 0 Å². The van der Waals surface area contributed by atoms with Crippen molar-refractivity contribution in [3.63, 3.8) is 0 Å². The molecule has 52 heavy (non-hydrogen) atoms. The van der Waals surface area contributed by atoms with Crippen molar-refractivity contribution in [2.24, 2.45) is 11.8 Å². The second-order valence-electron chi connectivity index (χ2n) is 13.6. The molecule has 2 aliphatic rings. The number of aromatic amines is 1. The summed E-state index contributed by atoms with van der Waals surface area (Å²) >= 11 is 5.87. The molecule has 2 heterocycles. The number of carboxylic acid groups (broad SMARTS) is 1. The Kier molecular flexibility index (Phi) is 11.8. The number of carbonyl (C=O) groups is 4. The van der Waals surface area contributed by atoms with Crippen molar-refractivity contribution in [1.29, 1.82) is 0 Å². The van der Waals surface area contributed by atoms with Gasteiger partial charge < -0.3 is 35.8 Å². The maximum Gasteiger partial charge on any atom is 0.404 e. The maximum atomic E-state index is 13.8. The zero-order chi connectivity index (χ0) is 36.6. The van der Waals surface area contributed by atoms with E-state index in [9.17, 15) is 19.2 Å². The van der Waals surface area contributed by atoms with Crippen molar-refractivity contribution < 1.29 is 24.3 Å². The van der Waals surface area contributed by atoms with Crippen LogP contribution in [-0.2, 0) is 16.0 Å². The van der Waals surface area contributed by atoms with E-state index in [-0.39, 0.29) is 41.3 Å². The summed E-state index contributed by atoms with van der Waals surface area (Å²) in [5.41, 5.74) is 4.65. The molecule has 1 atom stereocenters. The molecule has 1 aromatic heterocycles. The van der Waals surface area contributed by atoms with Gasteiger partial charge in [0.05, 0.1) is 0 Å². The van der Waals surface area contributed by atoms with Crippen molar-refractivity contribution in [3.05, 3.63) is 89.2 Å². The Labute approximate surface area is 307 Å². The predicted octanol–water partition coefficient (Wildman–Crippen LogP) is 4.92. The monoisotopic (exact) mass is 726 g/mol. The van der Waals surface area contributed by atoms with Crippen LogP contribution >= 0.6 is 11.6 Å². The van der Waals surface area contributed by atoms with Gasteiger partial charge >= 0.3 is 6.09 Å². The highest BCUT2D eigenvalue weighted by Crippen LogP contribution is 2.29. The lowest BCUT2D eigenvalue weighted by atomic mass is 9.81. The maximum absolute atomic E-state index is 13.8. The number of H-pyrrole nitrogens is 1. The molecule has 1 aliphatic heterocycles. The third kappa shape index (κ3) is 9.53. The summed E-state index contributed by atoms with van der Waals surface area (Å²) < 4.78 is 0. The fraction of sp³-hybridized carbons (Fsp3) is 0.368. The number of nitrogens with one attached hydrogen (secondary N) is 4. The third-order valence-electron chi connectivity index (χ3n) is 9.90. The Balaban J connectivity index is 1.15. The number of benzene rings is 3. The second kappa shape index (κ2) is 16.8. The van der Waals surface area contributed by atoms with Gasteiger partial charge in [-0.25, -0.2) is 4.79 Å². The van der Waals surface area contributed by atoms with E-state index >= 15 is 0 Å². The van der Waals surface area contributed by atoms with E-state index in [4.69, 9.17) is 16.7 Å². The van der Waals surface area contributed by atoms with Gasteiger partial charge in [-0.2, -0.15) is 0 Å². The number of nitrogens with zero attached hydrogens (tertiary/aromatic N) is 4. The van der Waals surface area contributed by atoms with E-state index < -0.39 is 12.1 Å². The second-order valence-corrected chi connectivity index (χ2v) is 13.9. The van der Waals surface area contributed by atoms with Crippen molar-refractivity contribution in [2.75, 3.05) is 45.1 Å². The highest BCUT2D eigenvalue weighted by Gasteiger charge is 2.30. The molecular weight excluding hydrogens is 684 g/mol. The van der Waals surface area contributed by atoms with Crippen LogP contribution in [0.3, 0.4) is 0 Å². The molecule has 0 radical (unpaired) electrons. The molecule has 4 aromatic rings. The van der Waals surface area contributed by atoms with Crippen molar-refractivity contribution in [3.8, 4) is 22.5 Å². The summed E-state index contributed by atoms with van der Waals surface area (Å²) in [7, 11) is 2.06. The number of hydrogen-bond donors (Lipinski definition) is 5. The summed E-state index contributed by atoms with van der Waals surface area (Å²) in [6, 6.07) is 21.6. The Morgan fingerprint density at radius 1 is 0.885 bits per heavy atom. The van der Waals surface area contributed by atoms with Gasteiger partial charge in [0.2, 0.25) is 17.1 Å². The average Bonchev–Trinajstić information content (AvgIpc) is 3.60. The van der Waals surface area contributed by atoms with Gasteiger partial charge in [0.25, 0.3) is 5.91 Å². The zero-order valence-electron chi connectivity index (χ0n) is 29.0. The van der Waals surface area contributed by atoms with Gasteiger partial charge in [0.15, 0.2) is 5.82 Å². The minimum absolute atomic E-state index is 0.0282. The molecular formula is C38H43ClN8O5. The van der Waals surface area contributed by atoms with E-state index in [2.05, 4.69) is 43.1 Å². The first kappa shape index (κ1) is 36.5. The molecule has 2 fully saturated rings. The third-order valence-corrected chi connectivity index (χ3v) is 10.1. The molecule has 4 amide bonds. The number of halogens is 1. The minimum Gasteiger partial charge on any atom is -0.465 e. The topological polar surface area (TPSA) is 173 Å². The Bertz CT molecular complexity index is 1870. The lowest BCUT2D eigenvalue weighted by Crippen LogP contribution is -2.48. The van der Waals surface area contributed by atoms with Crippen molar-refractivity contribution in [1.82, 2.24) is 35.6 Å². The summed E-state index contributed by atoms with van der Waals surface area (Å²) in [6.07, 6.45) is 1.87. The molecule has 6 rings (SSSR count). The van der Waals surface area contributed by atoms with Crippen LogP contribution in [0.2, 0.25) is 5.28 Å². The molecule has 0 bridgehead atoms. The number of rotatable bonds is 11. The van der Waals surface area contributed by atoms with Crippen LogP contribution in [0.25, 0.3) is 22.5 Å². The SMILES string of the molecule is CN1CCN(C(=O)c2ccc(-c3cccc(C[C@H](NC(=O)[C@H]4CC[C@H](CNC(=O)O)CC4)C(=O)Nc4ccc(-c5nnc(Cl)[nH]5)cc4)c3)cc2)CC1. The van der Waals surface area contributed by atoms with Gasteiger partial charge in [-0.15, -0.1) is 10.2 Å². The van der Waals surface area contributed by atoms with E-state index in [0.717, 1.165) is 48.2 Å². The molecule has 14 heteroatoms. The number of carbonyl (C=O) groups excluding carboxylic acids is 3. The first-order chi connectivity index (χ1) is 25.1. The molecule has 1 saturated heterocycles. The lowest BCUT2D eigenvalue weighted by molar-refractivity contribution is -0.130. The summed E-state index contributed by atoms with van der Waals surface area (Å²) in [5, 5.41) is 25.3. The minimum atomic E-state index is -1.05. The molecule has 13 nitrogen and oxygen atoms in total. The average molecular weight is 727 g/mol. The fourth-order valence-electron chi connectivity index (χ4n) is 6.78. The molecule has 0 spiro atoms. The van der Waals surface area contributed by atoms with Crippen LogP contribution < -0.4 is 16.0 Å². The first-order valence-electron chi connectivity index (χ1n) is 17.5. The summed E-state index contributed by atoms with van der Waals surface area (Å²) in [4.78, 5) is 58.4. The summed E-state index contributed by atoms with van der Waals surface area (Å²) in [5.74, 6) is -0.128. The van der Waals surface area contributed by atoms with E-state index in [1.165, 1.54) is 0 Å². The van der Waals surface area contributed by atoms with Crippen molar-refractivity contribution >= 4 is 41.1 Å². The number of aromatic nitrogens is 3. The van der Waals surface area contributed by atoms with Crippen LogP contribution in [0.15, 0.2) is 72.8 Å². The van der Waals surface area contributed by atoms with Gasteiger partial charge in [-0.05, 0) is 103 Å². The Morgan fingerprint density at radius 3 is 2.23 bits per heavy atom. The molecule has 1 aliphatic carbocycles. The van der Waals surface area contributed by atoms with E-state index in [0.29, 0.717) is 49.6 Å². The van der Waals surface area contributed by atoms with Crippen LogP contribution in [-0.4, -0.2) is 99.7 Å². The normalized spacial score (nSPS) is 18.3. The highest BCUT2D eigenvalue weighted by molar-refractivity contribution is 6.28.